The molecule has 0 unspecified atom stereocenters. The van der Waals surface area contributed by atoms with E-state index >= 15 is 0 Å². The third-order valence-corrected chi connectivity index (χ3v) is 5.71. The summed E-state index contributed by atoms with van der Waals surface area (Å²) in [7, 11) is 3.54. The highest BCUT2D eigenvalue weighted by Crippen LogP contribution is 2.34. The van der Waals surface area contributed by atoms with Crippen molar-refractivity contribution >= 4 is 16.8 Å². The van der Waals surface area contributed by atoms with Crippen molar-refractivity contribution < 1.29 is 9.53 Å². The zero-order valence-electron chi connectivity index (χ0n) is 15.5. The topological polar surface area (TPSA) is 44.8 Å². The van der Waals surface area contributed by atoms with Crippen molar-refractivity contribution in [2.45, 2.75) is 12.6 Å². The van der Waals surface area contributed by atoms with Crippen LogP contribution in [0.3, 0.4) is 0 Å². The van der Waals surface area contributed by atoms with Crippen molar-refractivity contribution in [3.8, 4) is 0 Å². The fourth-order valence-corrected chi connectivity index (χ4v) is 4.27. The molecule has 1 N–H and O–H groups in total. The lowest BCUT2D eigenvalue weighted by Gasteiger charge is -2.21. The number of nitrogens with one attached hydrogen (secondary N) is 1. The molecule has 0 aromatic heterocycles. The van der Waals surface area contributed by atoms with E-state index in [9.17, 15) is 4.79 Å². The lowest BCUT2D eigenvalue weighted by Crippen LogP contribution is -2.39. The molecule has 4 rings (SSSR count). The van der Waals surface area contributed by atoms with Crippen molar-refractivity contribution in [2.75, 3.05) is 40.3 Å². The minimum absolute atomic E-state index is 0.0286. The summed E-state index contributed by atoms with van der Waals surface area (Å²) < 4.78 is 6.03. The molecule has 5 nitrogen and oxygen atoms in total. The van der Waals surface area contributed by atoms with Crippen molar-refractivity contribution in [1.29, 1.82) is 0 Å². The Morgan fingerprint density at radius 1 is 1.19 bits per heavy atom. The third kappa shape index (κ3) is 3.41. The van der Waals surface area contributed by atoms with Crippen LogP contribution >= 0.6 is 0 Å². The van der Waals surface area contributed by atoms with Crippen LogP contribution in [-0.4, -0.2) is 62.3 Å². The Morgan fingerprint density at radius 3 is 2.85 bits per heavy atom. The first-order chi connectivity index (χ1) is 12.6. The van der Waals surface area contributed by atoms with Gasteiger partial charge >= 0.3 is 6.03 Å². The summed E-state index contributed by atoms with van der Waals surface area (Å²) in [4.78, 5) is 15.9. The summed E-state index contributed by atoms with van der Waals surface area (Å²) in [6, 6.07) is 15.1. The molecule has 2 fully saturated rings. The molecule has 5 heteroatoms. The maximum atomic E-state index is 11.8. The van der Waals surface area contributed by atoms with Gasteiger partial charge in [-0.2, -0.15) is 0 Å². The van der Waals surface area contributed by atoms with Gasteiger partial charge in [0.1, 0.15) is 0 Å². The quantitative estimate of drug-likeness (QED) is 0.919. The maximum absolute atomic E-state index is 11.8. The smallest absolute Gasteiger partial charge is 0.316 e. The lowest BCUT2D eigenvalue weighted by molar-refractivity contribution is 0.0940. The number of urea groups is 1. The second-order valence-corrected chi connectivity index (χ2v) is 7.71. The van der Waals surface area contributed by atoms with Crippen molar-refractivity contribution in [2.24, 2.45) is 11.8 Å². The minimum atomic E-state index is -0.0286. The van der Waals surface area contributed by atoms with Crippen molar-refractivity contribution in [3.05, 3.63) is 48.0 Å². The zero-order valence-corrected chi connectivity index (χ0v) is 15.5. The summed E-state index contributed by atoms with van der Waals surface area (Å²) in [6.07, 6.45) is 0.297. The monoisotopic (exact) mass is 353 g/mol. The minimum Gasteiger partial charge on any atom is -0.376 e. The zero-order chi connectivity index (χ0) is 18.1. The predicted molar refractivity (Wildman–Crippen MR) is 103 cm³/mol. The van der Waals surface area contributed by atoms with E-state index in [4.69, 9.17) is 4.74 Å². The van der Waals surface area contributed by atoms with Crippen LogP contribution in [0.4, 0.5) is 4.79 Å². The summed E-state index contributed by atoms with van der Waals surface area (Å²) >= 11 is 0. The van der Waals surface area contributed by atoms with Gasteiger partial charge in [0, 0.05) is 52.1 Å². The molecule has 2 aliphatic rings. The first-order valence-electron chi connectivity index (χ1n) is 9.37. The third-order valence-electron chi connectivity index (χ3n) is 5.71. The maximum Gasteiger partial charge on any atom is 0.316 e. The Labute approximate surface area is 154 Å². The molecule has 2 aliphatic heterocycles. The molecule has 138 valence electrons. The molecule has 0 radical (unpaired) electrons. The molecule has 0 spiro atoms. The Bertz CT molecular complexity index is 786. The molecule has 0 bridgehead atoms. The fourth-order valence-electron chi connectivity index (χ4n) is 4.27. The van der Waals surface area contributed by atoms with E-state index in [1.165, 1.54) is 16.3 Å². The molecule has 2 aromatic rings. The van der Waals surface area contributed by atoms with E-state index in [2.05, 4.69) is 52.7 Å². The van der Waals surface area contributed by atoms with E-state index in [0.29, 0.717) is 24.5 Å². The predicted octanol–water partition coefficient (Wildman–Crippen LogP) is 2.56. The standard InChI is InChI=1S/C21H27N3O2/c1-23(2)21(25)22-10-17-14-26-20-13-24(12-19(17)20)11-16-8-5-7-15-6-3-4-9-18(15)16/h3-9,17,19-20H,10-14H2,1-2H3,(H,22,25)/t17-,19+,20+/m1/s1. The normalized spacial score (nSPS) is 25.4. The number of likely N-dealkylation sites (tertiary alicyclic amines) is 1. The highest BCUT2D eigenvalue weighted by atomic mass is 16.5. The van der Waals surface area contributed by atoms with Crippen LogP contribution in [0.1, 0.15) is 5.56 Å². The largest absolute Gasteiger partial charge is 0.376 e. The molecule has 26 heavy (non-hydrogen) atoms. The number of hydrogen-bond acceptors (Lipinski definition) is 3. The molecule has 2 heterocycles. The highest BCUT2D eigenvalue weighted by molar-refractivity contribution is 5.85. The number of carbonyl (C=O) groups excluding carboxylic acids is 1. The summed E-state index contributed by atoms with van der Waals surface area (Å²) in [5.74, 6) is 0.911. The molecule has 2 amide bonds. The highest BCUT2D eigenvalue weighted by Gasteiger charge is 2.43. The van der Waals surface area contributed by atoms with Gasteiger partial charge in [0.05, 0.1) is 12.7 Å². The fraction of sp³-hybridized carbons (Fsp3) is 0.476. The molecule has 2 aromatic carbocycles. The van der Waals surface area contributed by atoms with Gasteiger partial charge in [-0.05, 0) is 16.3 Å². The van der Waals surface area contributed by atoms with E-state index in [0.717, 1.165) is 26.2 Å². The molecular weight excluding hydrogens is 326 g/mol. The Morgan fingerprint density at radius 2 is 2.00 bits per heavy atom. The Kier molecular flexibility index (Phi) is 4.83. The van der Waals surface area contributed by atoms with Gasteiger partial charge < -0.3 is 15.0 Å². The number of ether oxygens (including phenoxy) is 1. The van der Waals surface area contributed by atoms with Crippen molar-refractivity contribution in [3.63, 3.8) is 0 Å². The van der Waals surface area contributed by atoms with Gasteiger partial charge in [-0.15, -0.1) is 0 Å². The molecule has 0 aliphatic carbocycles. The van der Waals surface area contributed by atoms with Crippen LogP contribution in [0.2, 0.25) is 0 Å². The van der Waals surface area contributed by atoms with E-state index < -0.39 is 0 Å². The number of nitrogens with zero attached hydrogens (tertiary/aromatic N) is 2. The first-order valence-corrected chi connectivity index (χ1v) is 9.37. The van der Waals surface area contributed by atoms with Gasteiger partial charge in [-0.3, -0.25) is 4.90 Å². The number of rotatable bonds is 4. The summed E-state index contributed by atoms with van der Waals surface area (Å²) in [5.41, 5.74) is 1.38. The molecule has 2 saturated heterocycles. The average molecular weight is 353 g/mol. The van der Waals surface area contributed by atoms with Gasteiger partial charge in [0.25, 0.3) is 0 Å². The van der Waals surface area contributed by atoms with Crippen LogP contribution in [0.15, 0.2) is 42.5 Å². The molecular formula is C21H27N3O2. The number of amides is 2. The van der Waals surface area contributed by atoms with Crippen LogP contribution < -0.4 is 5.32 Å². The Hall–Kier alpha value is -2.11. The van der Waals surface area contributed by atoms with Gasteiger partial charge in [0.15, 0.2) is 0 Å². The summed E-state index contributed by atoms with van der Waals surface area (Å²) in [5, 5.41) is 5.65. The van der Waals surface area contributed by atoms with Gasteiger partial charge in [-0.25, -0.2) is 4.79 Å². The lowest BCUT2D eigenvalue weighted by atomic mass is 9.93. The number of benzene rings is 2. The number of carbonyl (C=O) groups is 1. The molecule has 3 atom stereocenters. The van der Waals surface area contributed by atoms with Crippen LogP contribution in [0.5, 0.6) is 0 Å². The number of hydrogen-bond donors (Lipinski definition) is 1. The second kappa shape index (κ2) is 7.25. The SMILES string of the molecule is CN(C)C(=O)NC[C@@H]1CO[C@H]2CN(Cc3cccc4ccccc34)C[C@@H]12. The van der Waals surface area contributed by atoms with Crippen LogP contribution in [-0.2, 0) is 11.3 Å². The van der Waals surface area contributed by atoms with E-state index in [-0.39, 0.29) is 6.03 Å². The second-order valence-electron chi connectivity index (χ2n) is 7.71. The summed E-state index contributed by atoms with van der Waals surface area (Å²) in [6.45, 7) is 4.42. The van der Waals surface area contributed by atoms with Crippen LogP contribution in [0, 0.1) is 11.8 Å². The van der Waals surface area contributed by atoms with Gasteiger partial charge in [-0.1, -0.05) is 42.5 Å². The van der Waals surface area contributed by atoms with Crippen LogP contribution in [0.25, 0.3) is 10.8 Å². The first kappa shape index (κ1) is 17.3. The Balaban J connectivity index is 1.40. The average Bonchev–Trinajstić information content (AvgIpc) is 3.20. The van der Waals surface area contributed by atoms with Gasteiger partial charge in [0.2, 0.25) is 0 Å². The number of fused-ring (bicyclic) bond motifs is 2. The van der Waals surface area contributed by atoms with E-state index in [1.54, 1.807) is 19.0 Å². The van der Waals surface area contributed by atoms with Crippen molar-refractivity contribution in [1.82, 2.24) is 15.1 Å². The molecule has 0 saturated carbocycles. The van der Waals surface area contributed by atoms with E-state index in [1.807, 2.05) is 0 Å².